The quantitative estimate of drug-likeness (QED) is 0.614. The first-order valence-electron chi connectivity index (χ1n) is 11.8. The maximum Gasteiger partial charge on any atom is 0.261 e. The van der Waals surface area contributed by atoms with E-state index in [1.165, 1.54) is 0 Å². The topological polar surface area (TPSA) is 67.7 Å². The summed E-state index contributed by atoms with van der Waals surface area (Å²) in [5, 5.41) is 0.575. The van der Waals surface area contributed by atoms with Crippen molar-refractivity contribution < 1.29 is 9.53 Å². The fourth-order valence-electron chi connectivity index (χ4n) is 4.93. The number of likely N-dealkylation sites (N-methyl/N-ethyl adjacent to an activating group) is 2. The monoisotopic (exact) mass is 446 g/mol. The predicted octanol–water partition coefficient (Wildman–Crippen LogP) is 3.48. The zero-order chi connectivity index (χ0) is 22.9. The molecule has 0 radical (unpaired) electrons. The first-order chi connectivity index (χ1) is 16.0. The van der Waals surface area contributed by atoms with E-state index in [9.17, 15) is 9.59 Å². The Morgan fingerprint density at radius 2 is 2.03 bits per heavy atom. The molecule has 0 spiro atoms. The fourth-order valence-corrected chi connectivity index (χ4v) is 4.93. The van der Waals surface area contributed by atoms with Gasteiger partial charge in [-0.15, -0.1) is 0 Å². The van der Waals surface area contributed by atoms with E-state index in [4.69, 9.17) is 9.72 Å². The second kappa shape index (κ2) is 8.89. The third-order valence-electron chi connectivity index (χ3n) is 6.69. The molecule has 0 fully saturated rings. The van der Waals surface area contributed by atoms with Crippen LogP contribution in [0.1, 0.15) is 42.4 Å². The molecular formula is C26H30N4O3. The van der Waals surface area contributed by atoms with Crippen molar-refractivity contribution in [2.75, 3.05) is 31.6 Å². The van der Waals surface area contributed by atoms with Gasteiger partial charge in [-0.25, -0.2) is 4.98 Å². The number of benzene rings is 2. The van der Waals surface area contributed by atoms with Crippen molar-refractivity contribution in [3.8, 4) is 5.75 Å². The minimum absolute atomic E-state index is 0.00168. The van der Waals surface area contributed by atoms with Crippen molar-refractivity contribution in [2.45, 2.75) is 45.3 Å². The molecule has 0 unspecified atom stereocenters. The van der Waals surface area contributed by atoms with Gasteiger partial charge in [0, 0.05) is 32.1 Å². The molecule has 0 N–H and O–H groups in total. The Balaban J connectivity index is 1.37. The average Bonchev–Trinajstić information content (AvgIpc) is 3.08. The van der Waals surface area contributed by atoms with Crippen molar-refractivity contribution in [3.63, 3.8) is 0 Å². The average molecular weight is 447 g/mol. The molecule has 2 aliphatic heterocycles. The highest BCUT2D eigenvalue weighted by Gasteiger charge is 2.27. The molecule has 1 aromatic heterocycles. The predicted molar refractivity (Wildman–Crippen MR) is 129 cm³/mol. The van der Waals surface area contributed by atoms with Crippen molar-refractivity contribution in [1.29, 1.82) is 0 Å². The van der Waals surface area contributed by atoms with Crippen LogP contribution in [-0.2, 0) is 13.0 Å². The second-order valence-electron chi connectivity index (χ2n) is 8.96. The van der Waals surface area contributed by atoms with Gasteiger partial charge in [-0.2, -0.15) is 0 Å². The zero-order valence-corrected chi connectivity index (χ0v) is 19.3. The standard InChI is InChI=1S/C26H30N4O3/c1-3-29-17-19(33-23-10-7-6-9-22(23)29)16-28(2)25(31)18-12-13-20-21(15-18)27-24-11-5-4-8-14-30(24)26(20)32/h6-7,9-10,12-13,15,19H,3-5,8,11,14,16-17H2,1-2H3/t19-/m0/s1. The summed E-state index contributed by atoms with van der Waals surface area (Å²) in [5.74, 6) is 1.59. The lowest BCUT2D eigenvalue weighted by Crippen LogP contribution is -2.46. The van der Waals surface area contributed by atoms with Crippen molar-refractivity contribution in [1.82, 2.24) is 14.5 Å². The van der Waals surface area contributed by atoms with Gasteiger partial charge in [0.05, 0.1) is 29.7 Å². The highest BCUT2D eigenvalue weighted by molar-refractivity contribution is 5.97. The molecule has 1 amide bonds. The number of rotatable bonds is 4. The van der Waals surface area contributed by atoms with Gasteiger partial charge in [0.25, 0.3) is 11.5 Å². The highest BCUT2D eigenvalue weighted by Crippen LogP contribution is 2.33. The number of hydrogen-bond acceptors (Lipinski definition) is 5. The van der Waals surface area contributed by atoms with Crippen LogP contribution in [0.5, 0.6) is 5.75 Å². The molecule has 7 heteroatoms. The molecule has 0 saturated heterocycles. The van der Waals surface area contributed by atoms with Crippen LogP contribution in [-0.4, -0.2) is 53.1 Å². The summed E-state index contributed by atoms with van der Waals surface area (Å²) >= 11 is 0. The molecule has 0 aliphatic carbocycles. The lowest BCUT2D eigenvalue weighted by atomic mass is 10.1. The van der Waals surface area contributed by atoms with Crippen molar-refractivity contribution in [3.05, 3.63) is 64.2 Å². The highest BCUT2D eigenvalue weighted by atomic mass is 16.5. The fraction of sp³-hybridized carbons (Fsp3) is 0.423. The van der Waals surface area contributed by atoms with Gasteiger partial charge in [0.15, 0.2) is 0 Å². The number of ether oxygens (including phenoxy) is 1. The normalized spacial score (nSPS) is 17.6. The van der Waals surface area contributed by atoms with Crippen LogP contribution in [0, 0.1) is 0 Å². The maximum atomic E-state index is 13.2. The Hall–Kier alpha value is -3.35. The van der Waals surface area contributed by atoms with Crippen LogP contribution < -0.4 is 15.2 Å². The third-order valence-corrected chi connectivity index (χ3v) is 6.69. The summed E-state index contributed by atoms with van der Waals surface area (Å²) in [7, 11) is 1.80. The molecule has 7 nitrogen and oxygen atoms in total. The van der Waals surface area contributed by atoms with Gasteiger partial charge in [0.1, 0.15) is 17.7 Å². The van der Waals surface area contributed by atoms with E-state index >= 15 is 0 Å². The van der Waals surface area contributed by atoms with E-state index in [-0.39, 0.29) is 17.6 Å². The minimum atomic E-state index is -0.118. The molecule has 3 heterocycles. The molecule has 0 saturated carbocycles. The Bertz CT molecular complexity index is 1250. The van der Waals surface area contributed by atoms with E-state index in [1.54, 1.807) is 34.7 Å². The third kappa shape index (κ3) is 4.08. The Kier molecular flexibility index (Phi) is 5.79. The lowest BCUT2D eigenvalue weighted by molar-refractivity contribution is 0.0709. The first-order valence-corrected chi connectivity index (χ1v) is 11.8. The summed E-state index contributed by atoms with van der Waals surface area (Å²) < 4.78 is 7.99. The van der Waals surface area contributed by atoms with Gasteiger partial charge >= 0.3 is 0 Å². The summed E-state index contributed by atoms with van der Waals surface area (Å²) in [6.07, 6.45) is 3.84. The van der Waals surface area contributed by atoms with Crippen LogP contribution >= 0.6 is 0 Å². The van der Waals surface area contributed by atoms with E-state index in [1.807, 2.05) is 18.2 Å². The van der Waals surface area contributed by atoms with Crippen molar-refractivity contribution >= 4 is 22.5 Å². The van der Waals surface area contributed by atoms with Crippen LogP contribution in [0.3, 0.4) is 0 Å². The number of anilines is 1. The summed E-state index contributed by atoms with van der Waals surface area (Å²) in [6, 6.07) is 13.3. The number of para-hydroxylation sites is 2. The molecule has 5 rings (SSSR count). The van der Waals surface area contributed by atoms with Gasteiger partial charge in [-0.05, 0) is 50.1 Å². The number of nitrogens with zero attached hydrogens (tertiary/aromatic N) is 4. The van der Waals surface area contributed by atoms with E-state index in [0.29, 0.717) is 23.0 Å². The summed E-state index contributed by atoms with van der Waals surface area (Å²) in [4.78, 5) is 34.9. The zero-order valence-electron chi connectivity index (χ0n) is 19.3. The number of hydrogen-bond donors (Lipinski definition) is 0. The smallest absolute Gasteiger partial charge is 0.261 e. The number of fused-ring (bicyclic) bond motifs is 3. The molecule has 33 heavy (non-hydrogen) atoms. The van der Waals surface area contributed by atoms with E-state index in [0.717, 1.165) is 62.6 Å². The Labute approximate surface area is 193 Å². The van der Waals surface area contributed by atoms with E-state index < -0.39 is 0 Å². The first kappa shape index (κ1) is 21.5. The Morgan fingerprint density at radius 1 is 1.18 bits per heavy atom. The molecule has 3 aromatic rings. The molecular weight excluding hydrogens is 416 g/mol. The number of aryl methyl sites for hydroxylation is 1. The largest absolute Gasteiger partial charge is 0.485 e. The van der Waals surface area contributed by atoms with Gasteiger partial charge in [-0.3, -0.25) is 14.2 Å². The number of carbonyl (C=O) groups is 1. The van der Waals surface area contributed by atoms with Gasteiger partial charge in [-0.1, -0.05) is 18.6 Å². The van der Waals surface area contributed by atoms with Crippen LogP contribution in [0.4, 0.5) is 5.69 Å². The van der Waals surface area contributed by atoms with Crippen LogP contribution in [0.2, 0.25) is 0 Å². The number of amides is 1. The second-order valence-corrected chi connectivity index (χ2v) is 8.96. The lowest BCUT2D eigenvalue weighted by Gasteiger charge is -2.37. The number of carbonyl (C=O) groups excluding carboxylic acids is 1. The number of aromatic nitrogens is 2. The van der Waals surface area contributed by atoms with Gasteiger partial charge in [0.2, 0.25) is 0 Å². The van der Waals surface area contributed by atoms with Gasteiger partial charge < -0.3 is 14.5 Å². The maximum absolute atomic E-state index is 13.2. The summed E-state index contributed by atoms with van der Waals surface area (Å²) in [6.45, 7) is 4.93. The van der Waals surface area contributed by atoms with Crippen LogP contribution in [0.25, 0.3) is 10.9 Å². The SMILES string of the molecule is CCN1C[C@H](CN(C)C(=O)c2ccc3c(=O)n4c(nc3c2)CCCCC4)Oc2ccccc21. The van der Waals surface area contributed by atoms with E-state index in [2.05, 4.69) is 17.9 Å². The van der Waals surface area contributed by atoms with Crippen LogP contribution in [0.15, 0.2) is 47.3 Å². The molecule has 172 valence electrons. The molecule has 1 atom stereocenters. The van der Waals surface area contributed by atoms with Crippen molar-refractivity contribution in [2.24, 2.45) is 0 Å². The Morgan fingerprint density at radius 3 is 2.88 bits per heavy atom. The molecule has 2 aliphatic rings. The molecule has 2 aromatic carbocycles. The molecule has 0 bridgehead atoms. The minimum Gasteiger partial charge on any atom is -0.485 e. The summed E-state index contributed by atoms with van der Waals surface area (Å²) in [5.41, 5.74) is 2.24.